The van der Waals surface area contributed by atoms with Crippen molar-refractivity contribution >= 4 is 33.2 Å². The smallest absolute Gasteiger partial charge is 0.274 e. The molecule has 2 rings (SSSR count). The summed E-state index contributed by atoms with van der Waals surface area (Å²) in [6, 6.07) is 10.1. The number of nitriles is 1. The van der Waals surface area contributed by atoms with Gasteiger partial charge >= 0.3 is 0 Å². The Morgan fingerprint density at radius 1 is 1.37 bits per heavy atom. The van der Waals surface area contributed by atoms with E-state index in [1.807, 2.05) is 6.07 Å². The highest BCUT2D eigenvalue weighted by atomic mass is 79.9. The maximum absolute atomic E-state index is 11.9. The van der Waals surface area contributed by atoms with Crippen LogP contribution in [-0.4, -0.2) is 10.9 Å². The van der Waals surface area contributed by atoms with E-state index in [2.05, 4.69) is 26.2 Å². The van der Waals surface area contributed by atoms with Crippen molar-refractivity contribution in [2.24, 2.45) is 0 Å². The van der Waals surface area contributed by atoms with Crippen LogP contribution in [-0.2, 0) is 0 Å². The Bertz CT molecular complexity index is 661. The molecule has 0 aliphatic rings. The predicted octanol–water partition coefficient (Wildman–Crippen LogP) is 2.55. The van der Waals surface area contributed by atoms with Crippen LogP contribution in [0.1, 0.15) is 16.1 Å². The lowest BCUT2D eigenvalue weighted by Gasteiger charge is -2.06. The lowest BCUT2D eigenvalue weighted by atomic mass is 10.2. The Morgan fingerprint density at radius 3 is 2.74 bits per heavy atom. The van der Waals surface area contributed by atoms with Crippen molar-refractivity contribution < 1.29 is 4.79 Å². The van der Waals surface area contributed by atoms with Gasteiger partial charge < -0.3 is 11.1 Å². The van der Waals surface area contributed by atoms with Crippen LogP contribution < -0.4 is 11.1 Å². The number of nitrogens with zero attached hydrogens (tertiary/aromatic N) is 2. The zero-order valence-corrected chi connectivity index (χ0v) is 11.3. The van der Waals surface area contributed by atoms with Gasteiger partial charge in [0.2, 0.25) is 0 Å². The molecule has 1 amide bonds. The standard InChI is InChI=1S/C13H9BrN4O/c14-10-3-2-9(5-11(10)16)18-13(19)12-4-1-8(6-15)7-17-12/h1-5,7H,16H2,(H,18,19). The van der Waals surface area contributed by atoms with Crippen LogP contribution in [0.4, 0.5) is 11.4 Å². The minimum absolute atomic E-state index is 0.237. The van der Waals surface area contributed by atoms with Gasteiger partial charge in [-0.15, -0.1) is 0 Å². The largest absolute Gasteiger partial charge is 0.398 e. The van der Waals surface area contributed by atoms with E-state index in [-0.39, 0.29) is 11.6 Å². The number of nitrogens with two attached hydrogens (primary N) is 1. The number of nitrogens with one attached hydrogen (secondary N) is 1. The number of amides is 1. The molecule has 0 aliphatic carbocycles. The summed E-state index contributed by atoms with van der Waals surface area (Å²) in [5.41, 5.74) is 7.48. The fraction of sp³-hybridized carbons (Fsp3) is 0. The molecule has 1 heterocycles. The van der Waals surface area contributed by atoms with Gasteiger partial charge in [-0.3, -0.25) is 4.79 Å². The average Bonchev–Trinajstić information content (AvgIpc) is 2.43. The van der Waals surface area contributed by atoms with Crippen molar-refractivity contribution in [3.63, 3.8) is 0 Å². The number of carbonyl (C=O) groups excluding carboxylic acids is 1. The second-order valence-electron chi connectivity index (χ2n) is 3.73. The van der Waals surface area contributed by atoms with Gasteiger partial charge in [0.25, 0.3) is 5.91 Å². The predicted molar refractivity (Wildman–Crippen MR) is 75.5 cm³/mol. The molecule has 0 radical (unpaired) electrons. The topological polar surface area (TPSA) is 91.8 Å². The molecule has 1 aromatic heterocycles. The number of nitrogen functional groups attached to an aromatic ring is 1. The number of hydrogen-bond donors (Lipinski definition) is 2. The highest BCUT2D eigenvalue weighted by Crippen LogP contribution is 2.23. The highest BCUT2D eigenvalue weighted by molar-refractivity contribution is 9.10. The highest BCUT2D eigenvalue weighted by Gasteiger charge is 2.08. The van der Waals surface area contributed by atoms with Crippen LogP contribution in [0.5, 0.6) is 0 Å². The zero-order valence-electron chi connectivity index (χ0n) is 9.72. The van der Waals surface area contributed by atoms with E-state index in [0.717, 1.165) is 4.47 Å². The van der Waals surface area contributed by atoms with Gasteiger partial charge in [-0.05, 0) is 46.3 Å². The summed E-state index contributed by atoms with van der Waals surface area (Å²) in [5.74, 6) is -0.355. The van der Waals surface area contributed by atoms with Crippen molar-refractivity contribution in [3.8, 4) is 6.07 Å². The summed E-state index contributed by atoms with van der Waals surface area (Å²) < 4.78 is 0.766. The lowest BCUT2D eigenvalue weighted by molar-refractivity contribution is 0.102. The summed E-state index contributed by atoms with van der Waals surface area (Å²) in [7, 11) is 0. The van der Waals surface area contributed by atoms with Crippen LogP contribution >= 0.6 is 15.9 Å². The molecule has 0 atom stereocenters. The second-order valence-corrected chi connectivity index (χ2v) is 4.59. The Kier molecular flexibility index (Phi) is 3.78. The third kappa shape index (κ3) is 3.09. The molecule has 0 aliphatic heterocycles. The fourth-order valence-electron chi connectivity index (χ4n) is 1.41. The normalized spacial score (nSPS) is 9.68. The van der Waals surface area contributed by atoms with Crippen LogP contribution in [0.3, 0.4) is 0 Å². The summed E-state index contributed by atoms with van der Waals surface area (Å²) in [6.45, 7) is 0. The Labute approximate surface area is 118 Å². The Balaban J connectivity index is 2.16. The van der Waals surface area contributed by atoms with Crippen LogP contribution in [0.15, 0.2) is 41.0 Å². The van der Waals surface area contributed by atoms with Crippen LogP contribution in [0, 0.1) is 11.3 Å². The molecule has 0 bridgehead atoms. The number of anilines is 2. The van der Waals surface area contributed by atoms with E-state index in [0.29, 0.717) is 16.9 Å². The molecule has 6 heteroatoms. The van der Waals surface area contributed by atoms with Crippen LogP contribution in [0.2, 0.25) is 0 Å². The number of benzene rings is 1. The first-order valence-electron chi connectivity index (χ1n) is 5.32. The molecule has 0 fully saturated rings. The van der Waals surface area contributed by atoms with E-state index >= 15 is 0 Å². The van der Waals surface area contributed by atoms with Gasteiger partial charge in [0.1, 0.15) is 11.8 Å². The maximum atomic E-state index is 11.9. The number of pyridine rings is 1. The van der Waals surface area contributed by atoms with Crippen LogP contribution in [0.25, 0.3) is 0 Å². The first-order chi connectivity index (χ1) is 9.10. The Morgan fingerprint density at radius 2 is 2.16 bits per heavy atom. The third-order valence-electron chi connectivity index (χ3n) is 2.38. The molecule has 0 saturated heterocycles. The summed E-state index contributed by atoms with van der Waals surface area (Å²) >= 11 is 3.28. The fourth-order valence-corrected chi connectivity index (χ4v) is 1.66. The molecule has 1 aromatic carbocycles. The van der Waals surface area contributed by atoms with Crippen molar-refractivity contribution in [1.29, 1.82) is 5.26 Å². The van der Waals surface area contributed by atoms with Crippen molar-refractivity contribution in [2.75, 3.05) is 11.1 Å². The SMILES string of the molecule is N#Cc1ccc(C(=O)Nc2ccc(Br)c(N)c2)nc1. The number of aromatic nitrogens is 1. The number of rotatable bonds is 2. The van der Waals surface area contributed by atoms with Crippen molar-refractivity contribution in [2.45, 2.75) is 0 Å². The minimum atomic E-state index is -0.355. The average molecular weight is 317 g/mol. The van der Waals surface area contributed by atoms with Crippen molar-refractivity contribution in [3.05, 3.63) is 52.3 Å². The second kappa shape index (κ2) is 5.50. The molecule has 2 aromatic rings. The number of carbonyl (C=O) groups is 1. The van der Waals surface area contributed by atoms with Gasteiger partial charge in [-0.1, -0.05) is 0 Å². The molecule has 0 spiro atoms. The van der Waals surface area contributed by atoms with E-state index in [1.165, 1.54) is 18.3 Å². The van der Waals surface area contributed by atoms with Gasteiger partial charge in [0, 0.05) is 22.0 Å². The number of hydrogen-bond acceptors (Lipinski definition) is 4. The van der Waals surface area contributed by atoms with Gasteiger partial charge in [-0.2, -0.15) is 5.26 Å². The van der Waals surface area contributed by atoms with Gasteiger partial charge in [-0.25, -0.2) is 4.98 Å². The van der Waals surface area contributed by atoms with E-state index in [9.17, 15) is 4.79 Å². The van der Waals surface area contributed by atoms with Gasteiger partial charge in [0.05, 0.1) is 5.56 Å². The molecule has 0 unspecified atom stereocenters. The van der Waals surface area contributed by atoms with Gasteiger partial charge in [0.15, 0.2) is 0 Å². The molecule has 0 saturated carbocycles. The molecular formula is C13H9BrN4O. The number of halogens is 1. The lowest BCUT2D eigenvalue weighted by Crippen LogP contribution is -2.13. The minimum Gasteiger partial charge on any atom is -0.398 e. The van der Waals surface area contributed by atoms with Crippen molar-refractivity contribution in [1.82, 2.24) is 4.98 Å². The van der Waals surface area contributed by atoms with E-state index < -0.39 is 0 Å². The summed E-state index contributed by atoms with van der Waals surface area (Å²) in [6.07, 6.45) is 1.35. The maximum Gasteiger partial charge on any atom is 0.274 e. The molecule has 5 nitrogen and oxygen atoms in total. The summed E-state index contributed by atoms with van der Waals surface area (Å²) in [4.78, 5) is 15.8. The summed E-state index contributed by atoms with van der Waals surface area (Å²) in [5, 5.41) is 11.3. The monoisotopic (exact) mass is 316 g/mol. The first-order valence-corrected chi connectivity index (χ1v) is 6.12. The quantitative estimate of drug-likeness (QED) is 0.833. The third-order valence-corrected chi connectivity index (χ3v) is 3.10. The first kappa shape index (κ1) is 13.1. The zero-order chi connectivity index (χ0) is 13.8. The van der Waals surface area contributed by atoms with E-state index in [4.69, 9.17) is 11.0 Å². The molecule has 19 heavy (non-hydrogen) atoms. The molecule has 3 N–H and O–H groups in total. The Hall–Kier alpha value is -2.39. The van der Waals surface area contributed by atoms with E-state index in [1.54, 1.807) is 18.2 Å². The molecule has 94 valence electrons. The molecular weight excluding hydrogens is 308 g/mol.